The Morgan fingerprint density at radius 1 is 1.56 bits per heavy atom. The zero-order chi connectivity index (χ0) is 11.1. The van der Waals surface area contributed by atoms with E-state index in [2.05, 4.69) is 15.3 Å². The minimum Gasteiger partial charge on any atom is -0.386 e. The van der Waals surface area contributed by atoms with Gasteiger partial charge in [-0.25, -0.2) is 0 Å². The Labute approximate surface area is 95.9 Å². The highest BCUT2D eigenvalue weighted by Gasteiger charge is 2.25. The summed E-state index contributed by atoms with van der Waals surface area (Å²) >= 11 is 1.36. The Morgan fingerprint density at radius 2 is 2.44 bits per heavy atom. The molecule has 0 aliphatic carbocycles. The zero-order valence-electron chi connectivity index (χ0n) is 8.83. The number of fused-ring (bicyclic) bond motifs is 1. The van der Waals surface area contributed by atoms with Crippen LogP contribution in [-0.4, -0.2) is 31.5 Å². The standard InChI is InChI=1S/C9H12N4O2S/c1-5(14)8-12-13-7(6-3-2-4-15-6)10-11-9(13)16-8/h5-6,14H,2-4H2,1H3. The van der Waals surface area contributed by atoms with Crippen LogP contribution in [0.4, 0.5) is 0 Å². The molecule has 1 aliphatic rings. The highest BCUT2D eigenvalue weighted by Crippen LogP contribution is 2.29. The molecule has 2 aromatic heterocycles. The Bertz CT molecular complexity index is 501. The smallest absolute Gasteiger partial charge is 0.234 e. The number of ether oxygens (including phenoxy) is 1. The molecule has 0 aromatic carbocycles. The number of hydrogen-bond donors (Lipinski definition) is 1. The third-order valence-electron chi connectivity index (χ3n) is 2.61. The molecule has 0 amide bonds. The van der Waals surface area contributed by atoms with E-state index in [0.717, 1.165) is 25.3 Å². The molecule has 2 aromatic rings. The molecule has 0 spiro atoms. The van der Waals surface area contributed by atoms with Gasteiger partial charge in [0, 0.05) is 6.61 Å². The van der Waals surface area contributed by atoms with Crippen LogP contribution in [0.5, 0.6) is 0 Å². The van der Waals surface area contributed by atoms with E-state index in [1.54, 1.807) is 11.4 Å². The Hall–Kier alpha value is -1.05. The molecule has 0 radical (unpaired) electrons. The summed E-state index contributed by atoms with van der Waals surface area (Å²) in [6.07, 6.45) is 1.44. The molecule has 3 rings (SSSR count). The number of aliphatic hydroxyl groups is 1. The van der Waals surface area contributed by atoms with Crippen LogP contribution in [0.1, 0.15) is 42.8 Å². The monoisotopic (exact) mass is 240 g/mol. The summed E-state index contributed by atoms with van der Waals surface area (Å²) < 4.78 is 7.24. The highest BCUT2D eigenvalue weighted by molar-refractivity contribution is 7.16. The average Bonchev–Trinajstić information content (AvgIpc) is 2.92. The number of nitrogens with zero attached hydrogens (tertiary/aromatic N) is 4. The van der Waals surface area contributed by atoms with E-state index in [9.17, 15) is 5.11 Å². The molecule has 16 heavy (non-hydrogen) atoms. The Balaban J connectivity index is 2.04. The second-order valence-corrected chi connectivity index (χ2v) is 4.86. The molecule has 0 saturated carbocycles. The summed E-state index contributed by atoms with van der Waals surface area (Å²) in [5, 5.41) is 22.5. The van der Waals surface area contributed by atoms with E-state index in [1.807, 2.05) is 0 Å². The van der Waals surface area contributed by atoms with Crippen molar-refractivity contribution in [2.45, 2.75) is 32.0 Å². The average molecular weight is 240 g/mol. The molecular formula is C9H12N4O2S. The third kappa shape index (κ3) is 1.51. The number of aromatic nitrogens is 4. The molecule has 1 N–H and O–H groups in total. The van der Waals surface area contributed by atoms with Crippen LogP contribution in [0.25, 0.3) is 4.96 Å². The van der Waals surface area contributed by atoms with Crippen molar-refractivity contribution in [3.8, 4) is 0 Å². The van der Waals surface area contributed by atoms with E-state index in [0.29, 0.717) is 9.97 Å². The van der Waals surface area contributed by atoms with Crippen LogP contribution in [0.3, 0.4) is 0 Å². The largest absolute Gasteiger partial charge is 0.386 e. The van der Waals surface area contributed by atoms with E-state index >= 15 is 0 Å². The lowest BCUT2D eigenvalue weighted by Gasteiger charge is -2.04. The fraction of sp³-hybridized carbons (Fsp3) is 0.667. The summed E-state index contributed by atoms with van der Waals surface area (Å²) in [6, 6.07) is 0. The van der Waals surface area contributed by atoms with Crippen molar-refractivity contribution in [2.75, 3.05) is 6.61 Å². The van der Waals surface area contributed by atoms with Gasteiger partial charge >= 0.3 is 0 Å². The van der Waals surface area contributed by atoms with Gasteiger partial charge in [-0.2, -0.15) is 9.61 Å². The summed E-state index contributed by atoms with van der Waals surface area (Å²) in [5.41, 5.74) is 0. The molecule has 1 aliphatic heterocycles. The lowest BCUT2D eigenvalue weighted by molar-refractivity contribution is 0.103. The van der Waals surface area contributed by atoms with Gasteiger partial charge in [-0.3, -0.25) is 0 Å². The lowest BCUT2D eigenvalue weighted by atomic mass is 10.2. The van der Waals surface area contributed by atoms with Crippen LogP contribution >= 0.6 is 11.3 Å². The molecule has 0 bridgehead atoms. The van der Waals surface area contributed by atoms with Crippen LogP contribution < -0.4 is 0 Å². The van der Waals surface area contributed by atoms with Gasteiger partial charge in [0.2, 0.25) is 4.96 Å². The zero-order valence-corrected chi connectivity index (χ0v) is 9.65. The summed E-state index contributed by atoms with van der Waals surface area (Å²) in [6.45, 7) is 2.46. The molecule has 2 unspecified atom stereocenters. The van der Waals surface area contributed by atoms with Crippen molar-refractivity contribution in [2.24, 2.45) is 0 Å². The van der Waals surface area contributed by atoms with Crippen molar-refractivity contribution in [3.63, 3.8) is 0 Å². The first-order chi connectivity index (χ1) is 7.75. The number of aliphatic hydroxyl groups excluding tert-OH is 1. The molecule has 6 nitrogen and oxygen atoms in total. The van der Waals surface area contributed by atoms with E-state index in [1.165, 1.54) is 11.3 Å². The van der Waals surface area contributed by atoms with Crippen molar-refractivity contribution in [1.29, 1.82) is 0 Å². The molecule has 2 atom stereocenters. The minimum absolute atomic E-state index is 0.000973. The third-order valence-corrected chi connectivity index (χ3v) is 3.67. The number of rotatable bonds is 2. The van der Waals surface area contributed by atoms with Gasteiger partial charge in [-0.05, 0) is 19.8 Å². The summed E-state index contributed by atoms with van der Waals surface area (Å²) in [5.74, 6) is 0.746. The summed E-state index contributed by atoms with van der Waals surface area (Å²) in [4.78, 5) is 0.710. The second kappa shape index (κ2) is 3.76. The molecule has 1 saturated heterocycles. The van der Waals surface area contributed by atoms with Crippen LogP contribution in [0.2, 0.25) is 0 Å². The normalized spacial score (nSPS) is 23.0. The van der Waals surface area contributed by atoms with Crippen molar-refractivity contribution >= 4 is 16.3 Å². The Morgan fingerprint density at radius 3 is 3.12 bits per heavy atom. The van der Waals surface area contributed by atoms with E-state index in [4.69, 9.17) is 4.74 Å². The van der Waals surface area contributed by atoms with Crippen LogP contribution in [-0.2, 0) is 4.74 Å². The predicted octanol–water partition coefficient (Wildman–Crippen LogP) is 1.09. The van der Waals surface area contributed by atoms with Gasteiger partial charge in [-0.15, -0.1) is 10.2 Å². The maximum atomic E-state index is 9.45. The van der Waals surface area contributed by atoms with E-state index < -0.39 is 6.10 Å². The van der Waals surface area contributed by atoms with Gasteiger partial charge in [0.25, 0.3) is 0 Å². The predicted molar refractivity (Wildman–Crippen MR) is 57.2 cm³/mol. The molecular weight excluding hydrogens is 228 g/mol. The summed E-state index contributed by atoms with van der Waals surface area (Å²) in [7, 11) is 0. The van der Waals surface area contributed by atoms with Gasteiger partial charge in [0.15, 0.2) is 5.82 Å². The SMILES string of the molecule is CC(O)c1nn2c(C3CCCO3)nnc2s1. The first-order valence-corrected chi connectivity index (χ1v) is 6.09. The van der Waals surface area contributed by atoms with E-state index in [-0.39, 0.29) is 6.10 Å². The minimum atomic E-state index is -0.566. The molecule has 86 valence electrons. The molecule has 3 heterocycles. The van der Waals surface area contributed by atoms with Gasteiger partial charge in [0.05, 0.1) is 0 Å². The topological polar surface area (TPSA) is 72.5 Å². The molecule has 7 heteroatoms. The quantitative estimate of drug-likeness (QED) is 0.850. The lowest BCUT2D eigenvalue weighted by Crippen LogP contribution is -2.04. The van der Waals surface area contributed by atoms with Crippen molar-refractivity contribution in [1.82, 2.24) is 19.8 Å². The Kier molecular flexibility index (Phi) is 2.38. The van der Waals surface area contributed by atoms with Crippen LogP contribution in [0.15, 0.2) is 0 Å². The van der Waals surface area contributed by atoms with Crippen molar-refractivity contribution < 1.29 is 9.84 Å². The number of hydrogen-bond acceptors (Lipinski definition) is 6. The molecule has 1 fully saturated rings. The fourth-order valence-corrected chi connectivity index (χ4v) is 2.58. The van der Waals surface area contributed by atoms with Crippen molar-refractivity contribution in [3.05, 3.63) is 10.8 Å². The second-order valence-electron chi connectivity index (χ2n) is 3.87. The maximum absolute atomic E-state index is 9.45. The fourth-order valence-electron chi connectivity index (χ4n) is 1.80. The first-order valence-electron chi connectivity index (χ1n) is 5.27. The maximum Gasteiger partial charge on any atom is 0.234 e. The van der Waals surface area contributed by atoms with Gasteiger partial charge in [0.1, 0.15) is 17.2 Å². The first kappa shape index (κ1) is 10.1. The van der Waals surface area contributed by atoms with Crippen LogP contribution in [0, 0.1) is 0 Å². The highest BCUT2D eigenvalue weighted by atomic mass is 32.1. The van der Waals surface area contributed by atoms with Gasteiger partial charge in [-0.1, -0.05) is 11.3 Å². The van der Waals surface area contributed by atoms with Gasteiger partial charge < -0.3 is 9.84 Å².